The largest absolute Gasteiger partial charge is 0.329 e. The highest BCUT2D eigenvalue weighted by Crippen LogP contribution is 2.38. The van der Waals surface area contributed by atoms with Crippen LogP contribution in [0.2, 0.25) is 0 Å². The first-order valence-electron chi connectivity index (χ1n) is 7.44. The molecule has 0 aliphatic heterocycles. The van der Waals surface area contributed by atoms with Gasteiger partial charge in [0.05, 0.1) is 5.75 Å². The average molecular weight is 290 g/mol. The summed E-state index contributed by atoms with van der Waals surface area (Å²) in [7, 11) is -1.48. The van der Waals surface area contributed by atoms with Crippen LogP contribution in [0.15, 0.2) is 0 Å². The maximum Gasteiger partial charge on any atom is 0.214 e. The number of nitrogens with zero attached hydrogens (tertiary/aromatic N) is 1. The lowest BCUT2D eigenvalue weighted by molar-refractivity contribution is 0.128. The molecular formula is C14H30N2O2S. The Kier molecular flexibility index (Phi) is 5.83. The highest BCUT2D eigenvalue weighted by atomic mass is 32.2. The Morgan fingerprint density at radius 2 is 1.84 bits per heavy atom. The first-order chi connectivity index (χ1) is 8.77. The number of hydrogen-bond donors (Lipinski definition) is 1. The Balaban J connectivity index is 2.85. The van der Waals surface area contributed by atoms with Crippen LogP contribution in [0.4, 0.5) is 0 Å². The minimum absolute atomic E-state index is 0.147. The van der Waals surface area contributed by atoms with E-state index in [2.05, 4.69) is 6.92 Å². The van der Waals surface area contributed by atoms with Crippen LogP contribution in [0.3, 0.4) is 0 Å². The molecule has 0 radical (unpaired) electrons. The van der Waals surface area contributed by atoms with Gasteiger partial charge < -0.3 is 5.73 Å². The molecule has 1 saturated carbocycles. The van der Waals surface area contributed by atoms with Crippen LogP contribution < -0.4 is 5.73 Å². The summed E-state index contributed by atoms with van der Waals surface area (Å²) >= 11 is 0. The molecule has 0 aromatic heterocycles. The number of hydrogen-bond acceptors (Lipinski definition) is 3. The normalized spacial score (nSPS) is 29.1. The van der Waals surface area contributed by atoms with Crippen LogP contribution in [-0.4, -0.2) is 37.6 Å². The standard InChI is InChI=1S/C14H30N2O2S/c1-5-13-6-8-14(11-15,9-7-13)16(4)19(17,18)10-12(2)3/h12-13H,5-11,15H2,1-4H3. The Bertz CT molecular complexity index is 371. The van der Waals surface area contributed by atoms with Crippen molar-refractivity contribution in [3.05, 3.63) is 0 Å². The highest BCUT2D eigenvalue weighted by Gasteiger charge is 2.42. The van der Waals surface area contributed by atoms with Crippen molar-refractivity contribution in [3.8, 4) is 0 Å². The first kappa shape index (κ1) is 16.9. The van der Waals surface area contributed by atoms with Crippen molar-refractivity contribution in [2.45, 2.75) is 58.4 Å². The van der Waals surface area contributed by atoms with E-state index in [1.807, 2.05) is 13.8 Å². The summed E-state index contributed by atoms with van der Waals surface area (Å²) in [6, 6.07) is 0. The van der Waals surface area contributed by atoms with Crippen molar-refractivity contribution in [3.63, 3.8) is 0 Å². The molecule has 0 amide bonds. The molecule has 4 nitrogen and oxygen atoms in total. The molecule has 1 fully saturated rings. The predicted octanol–water partition coefficient (Wildman–Crippen LogP) is 2.20. The summed E-state index contributed by atoms with van der Waals surface area (Å²) in [5.41, 5.74) is 5.60. The van der Waals surface area contributed by atoms with Crippen molar-refractivity contribution in [2.75, 3.05) is 19.3 Å². The second-order valence-corrected chi connectivity index (χ2v) is 8.46. The lowest BCUT2D eigenvalue weighted by Crippen LogP contribution is -2.56. The second kappa shape index (κ2) is 6.55. The quantitative estimate of drug-likeness (QED) is 0.815. The smallest absolute Gasteiger partial charge is 0.214 e. The third kappa shape index (κ3) is 3.92. The molecular weight excluding hydrogens is 260 g/mol. The van der Waals surface area contributed by atoms with Gasteiger partial charge in [0.25, 0.3) is 0 Å². The van der Waals surface area contributed by atoms with Gasteiger partial charge in [0.15, 0.2) is 0 Å². The number of nitrogens with two attached hydrogens (primary N) is 1. The van der Waals surface area contributed by atoms with E-state index in [-0.39, 0.29) is 17.2 Å². The van der Waals surface area contributed by atoms with Gasteiger partial charge in [0, 0.05) is 19.1 Å². The van der Waals surface area contributed by atoms with Gasteiger partial charge in [-0.05, 0) is 37.5 Å². The molecule has 19 heavy (non-hydrogen) atoms. The molecule has 1 aliphatic carbocycles. The van der Waals surface area contributed by atoms with E-state index in [4.69, 9.17) is 5.73 Å². The van der Waals surface area contributed by atoms with Crippen molar-refractivity contribution < 1.29 is 8.42 Å². The van der Waals surface area contributed by atoms with Gasteiger partial charge in [-0.2, -0.15) is 4.31 Å². The van der Waals surface area contributed by atoms with Crippen LogP contribution in [-0.2, 0) is 10.0 Å². The van der Waals surface area contributed by atoms with E-state index < -0.39 is 10.0 Å². The molecule has 0 unspecified atom stereocenters. The van der Waals surface area contributed by atoms with Crippen LogP contribution in [0, 0.1) is 11.8 Å². The zero-order chi connectivity index (χ0) is 14.7. The first-order valence-corrected chi connectivity index (χ1v) is 9.05. The third-order valence-corrected chi connectivity index (χ3v) is 6.93. The van der Waals surface area contributed by atoms with Gasteiger partial charge in [0.2, 0.25) is 10.0 Å². The molecule has 0 aromatic carbocycles. The van der Waals surface area contributed by atoms with E-state index in [0.29, 0.717) is 6.54 Å². The van der Waals surface area contributed by atoms with Crippen molar-refractivity contribution in [1.29, 1.82) is 0 Å². The SMILES string of the molecule is CCC1CCC(CN)(N(C)S(=O)(=O)CC(C)C)CC1. The fraction of sp³-hybridized carbons (Fsp3) is 1.00. The zero-order valence-electron chi connectivity index (χ0n) is 12.9. The highest BCUT2D eigenvalue weighted by molar-refractivity contribution is 7.89. The fourth-order valence-electron chi connectivity index (χ4n) is 3.10. The minimum atomic E-state index is -3.20. The summed E-state index contributed by atoms with van der Waals surface area (Å²) in [4.78, 5) is 0. The lowest BCUT2D eigenvalue weighted by Gasteiger charge is -2.45. The molecule has 0 bridgehead atoms. The lowest BCUT2D eigenvalue weighted by atomic mass is 9.75. The van der Waals surface area contributed by atoms with E-state index in [9.17, 15) is 8.42 Å². The van der Waals surface area contributed by atoms with E-state index in [1.165, 1.54) is 6.42 Å². The van der Waals surface area contributed by atoms with Crippen LogP contribution in [0.1, 0.15) is 52.9 Å². The fourth-order valence-corrected chi connectivity index (χ4v) is 5.01. The molecule has 2 N–H and O–H groups in total. The van der Waals surface area contributed by atoms with Crippen LogP contribution in [0.25, 0.3) is 0 Å². The Labute approximate surface area is 118 Å². The van der Waals surface area contributed by atoms with Crippen LogP contribution >= 0.6 is 0 Å². The van der Waals surface area contributed by atoms with Crippen LogP contribution in [0.5, 0.6) is 0 Å². The predicted molar refractivity (Wildman–Crippen MR) is 80.4 cm³/mol. The summed E-state index contributed by atoms with van der Waals surface area (Å²) < 4.78 is 26.4. The number of rotatable bonds is 6. The maximum absolute atomic E-state index is 12.4. The topological polar surface area (TPSA) is 63.4 Å². The van der Waals surface area contributed by atoms with Gasteiger partial charge in [-0.15, -0.1) is 0 Å². The van der Waals surface area contributed by atoms with Gasteiger partial charge in [0.1, 0.15) is 0 Å². The maximum atomic E-state index is 12.4. The Morgan fingerprint density at radius 3 is 2.21 bits per heavy atom. The molecule has 5 heteroatoms. The molecule has 0 saturated heterocycles. The molecule has 1 rings (SSSR count). The van der Waals surface area contributed by atoms with E-state index >= 15 is 0 Å². The zero-order valence-corrected chi connectivity index (χ0v) is 13.7. The van der Waals surface area contributed by atoms with E-state index in [1.54, 1.807) is 11.4 Å². The molecule has 0 atom stereocenters. The summed E-state index contributed by atoms with van der Waals surface area (Å²) in [6.45, 7) is 6.51. The Hall–Kier alpha value is -0.130. The van der Waals surface area contributed by atoms with Crippen molar-refractivity contribution in [1.82, 2.24) is 4.31 Å². The van der Waals surface area contributed by atoms with Crippen molar-refractivity contribution >= 4 is 10.0 Å². The average Bonchev–Trinajstić information content (AvgIpc) is 2.36. The number of sulfonamides is 1. The van der Waals surface area contributed by atoms with Gasteiger partial charge in [-0.1, -0.05) is 27.2 Å². The Morgan fingerprint density at radius 1 is 1.32 bits per heavy atom. The molecule has 114 valence electrons. The molecule has 0 spiro atoms. The van der Waals surface area contributed by atoms with Crippen molar-refractivity contribution in [2.24, 2.45) is 17.6 Å². The molecule has 0 heterocycles. The molecule has 1 aliphatic rings. The van der Waals surface area contributed by atoms with Gasteiger partial charge in [-0.3, -0.25) is 0 Å². The van der Waals surface area contributed by atoms with Gasteiger partial charge in [-0.25, -0.2) is 8.42 Å². The summed E-state index contributed by atoms with van der Waals surface area (Å²) in [6.07, 6.45) is 5.17. The van der Waals surface area contributed by atoms with Gasteiger partial charge >= 0.3 is 0 Å². The monoisotopic (exact) mass is 290 g/mol. The summed E-state index contributed by atoms with van der Waals surface area (Å²) in [5, 5.41) is 0. The minimum Gasteiger partial charge on any atom is -0.329 e. The van der Waals surface area contributed by atoms with E-state index in [0.717, 1.165) is 31.6 Å². The second-order valence-electron chi connectivity index (χ2n) is 6.42. The third-order valence-electron chi connectivity index (χ3n) is 4.62. The number of likely N-dealkylation sites (N-methyl/N-ethyl adjacent to an activating group) is 1. The summed E-state index contributed by atoms with van der Waals surface area (Å²) in [5.74, 6) is 1.10. The molecule has 0 aromatic rings.